The Morgan fingerprint density at radius 3 is 2.95 bits per heavy atom. The van der Waals surface area contributed by atoms with Crippen molar-refractivity contribution >= 4 is 11.3 Å². The van der Waals surface area contributed by atoms with Crippen LogP contribution in [0, 0.1) is 5.92 Å². The number of nitrogens with zero attached hydrogens (tertiary/aromatic N) is 4. The molecule has 5 nitrogen and oxygen atoms in total. The van der Waals surface area contributed by atoms with E-state index in [0.29, 0.717) is 17.9 Å². The Morgan fingerprint density at radius 2 is 2.24 bits per heavy atom. The van der Waals surface area contributed by atoms with Gasteiger partial charge in [0.05, 0.1) is 5.69 Å². The summed E-state index contributed by atoms with van der Waals surface area (Å²) in [5.74, 6) is 2.01. The Bertz CT molecular complexity index is 618. The van der Waals surface area contributed by atoms with E-state index in [4.69, 9.17) is 5.73 Å². The number of hydrogen-bond donors (Lipinski definition) is 1. The minimum absolute atomic E-state index is 0.423. The van der Waals surface area contributed by atoms with E-state index in [1.807, 2.05) is 16.9 Å². The van der Waals surface area contributed by atoms with E-state index < -0.39 is 0 Å². The Balaban J connectivity index is 1.99. The smallest absolute Gasteiger partial charge is 0.154 e. The molecule has 2 heterocycles. The average molecular weight is 287 g/mol. The topological polar surface area (TPSA) is 59.5 Å². The van der Waals surface area contributed by atoms with Crippen molar-refractivity contribution in [2.45, 2.75) is 45.1 Å². The summed E-state index contributed by atoms with van der Waals surface area (Å²) in [7, 11) is 2.14. The normalized spacial score (nSPS) is 22.3. The van der Waals surface area contributed by atoms with E-state index in [1.54, 1.807) is 0 Å². The van der Waals surface area contributed by atoms with E-state index in [-0.39, 0.29) is 0 Å². The molecule has 2 atom stereocenters. The summed E-state index contributed by atoms with van der Waals surface area (Å²) in [5.41, 5.74) is 8.13. The van der Waals surface area contributed by atoms with Gasteiger partial charge < -0.3 is 10.6 Å². The van der Waals surface area contributed by atoms with E-state index in [1.165, 1.54) is 19.3 Å². The molecule has 1 saturated carbocycles. The first-order valence-electron chi connectivity index (χ1n) is 7.89. The molecule has 2 unspecified atom stereocenters. The molecule has 0 saturated heterocycles. The molecule has 21 heavy (non-hydrogen) atoms. The van der Waals surface area contributed by atoms with Gasteiger partial charge in [0.25, 0.3) is 0 Å². The van der Waals surface area contributed by atoms with Gasteiger partial charge in [-0.3, -0.25) is 0 Å². The molecule has 0 amide bonds. The highest BCUT2D eigenvalue weighted by Crippen LogP contribution is 2.32. The quantitative estimate of drug-likeness (QED) is 0.938. The van der Waals surface area contributed by atoms with Gasteiger partial charge in [-0.25, -0.2) is 9.50 Å². The molecule has 114 valence electrons. The number of nitrogens with two attached hydrogens (primary N) is 1. The monoisotopic (exact) mass is 287 g/mol. The zero-order valence-corrected chi connectivity index (χ0v) is 13.2. The zero-order chi connectivity index (χ0) is 15.0. The molecule has 5 heteroatoms. The predicted molar refractivity (Wildman–Crippen MR) is 85.7 cm³/mol. The van der Waals surface area contributed by atoms with Gasteiger partial charge in [0.15, 0.2) is 5.82 Å². The van der Waals surface area contributed by atoms with Crippen molar-refractivity contribution in [1.29, 1.82) is 0 Å². The number of hydrogen-bond acceptors (Lipinski definition) is 4. The lowest BCUT2D eigenvalue weighted by Gasteiger charge is -2.30. The van der Waals surface area contributed by atoms with Gasteiger partial charge >= 0.3 is 0 Å². The molecule has 0 radical (unpaired) electrons. The van der Waals surface area contributed by atoms with Crippen LogP contribution >= 0.6 is 0 Å². The molecule has 3 rings (SSSR count). The van der Waals surface area contributed by atoms with E-state index in [2.05, 4.69) is 41.9 Å². The van der Waals surface area contributed by atoms with Crippen molar-refractivity contribution in [3.8, 4) is 0 Å². The first-order chi connectivity index (χ1) is 10.1. The lowest BCUT2D eigenvalue weighted by atomic mass is 10.0. The largest absolute Gasteiger partial charge is 0.355 e. The predicted octanol–water partition coefficient (Wildman–Crippen LogP) is 2.42. The molecule has 0 aromatic carbocycles. The lowest BCUT2D eigenvalue weighted by molar-refractivity contribution is 0.472. The van der Waals surface area contributed by atoms with Gasteiger partial charge in [-0.2, -0.15) is 5.10 Å². The minimum atomic E-state index is 0.423. The fraction of sp³-hybridized carbons (Fsp3) is 0.625. The first kappa shape index (κ1) is 14.3. The second kappa shape index (κ2) is 5.64. The van der Waals surface area contributed by atoms with Crippen LogP contribution in [-0.4, -0.2) is 34.2 Å². The van der Waals surface area contributed by atoms with Crippen molar-refractivity contribution in [3.05, 3.63) is 24.2 Å². The number of rotatable bonds is 4. The van der Waals surface area contributed by atoms with Crippen LogP contribution in [-0.2, 0) is 0 Å². The number of aromatic nitrogens is 3. The van der Waals surface area contributed by atoms with Crippen LogP contribution in [0.4, 0.5) is 5.82 Å². The third-order valence-electron chi connectivity index (χ3n) is 4.73. The Labute approximate surface area is 126 Å². The molecular weight excluding hydrogens is 262 g/mol. The molecule has 2 aromatic heterocycles. The van der Waals surface area contributed by atoms with Crippen molar-refractivity contribution in [2.75, 3.05) is 18.5 Å². The van der Waals surface area contributed by atoms with Crippen molar-refractivity contribution in [1.82, 2.24) is 14.6 Å². The summed E-state index contributed by atoms with van der Waals surface area (Å²) >= 11 is 0. The third kappa shape index (κ3) is 2.50. The highest BCUT2D eigenvalue weighted by Gasteiger charge is 2.31. The second-order valence-corrected chi connectivity index (χ2v) is 6.41. The molecule has 0 spiro atoms. The van der Waals surface area contributed by atoms with Crippen LogP contribution in [0.3, 0.4) is 0 Å². The average Bonchev–Trinajstić information content (AvgIpc) is 3.11. The maximum absolute atomic E-state index is 5.93. The first-order valence-corrected chi connectivity index (χ1v) is 7.89. The number of fused-ring (bicyclic) bond motifs is 1. The maximum atomic E-state index is 5.93. The van der Waals surface area contributed by atoms with Crippen LogP contribution in [0.5, 0.6) is 0 Å². The molecule has 1 aliphatic rings. The van der Waals surface area contributed by atoms with Gasteiger partial charge in [-0.1, -0.05) is 20.3 Å². The fourth-order valence-corrected chi connectivity index (χ4v) is 3.44. The Hall–Kier alpha value is -1.62. The van der Waals surface area contributed by atoms with Gasteiger partial charge in [0, 0.05) is 25.5 Å². The molecular formula is C16H25N5. The van der Waals surface area contributed by atoms with Crippen LogP contribution in [0.25, 0.3) is 5.52 Å². The lowest BCUT2D eigenvalue weighted by Crippen LogP contribution is -2.38. The standard InChI is InChI=1S/C16H25N5/c1-11(2)13-9-15-16(18-7-8-21(15)19-13)20(3)14-6-4-5-12(14)10-17/h7-9,11-12,14H,4-6,10,17H2,1-3H3. The second-order valence-electron chi connectivity index (χ2n) is 6.41. The summed E-state index contributed by atoms with van der Waals surface area (Å²) in [4.78, 5) is 6.93. The van der Waals surface area contributed by atoms with Gasteiger partial charge in [0.1, 0.15) is 5.52 Å². The van der Waals surface area contributed by atoms with Crippen LogP contribution in [0.2, 0.25) is 0 Å². The fourth-order valence-electron chi connectivity index (χ4n) is 3.44. The summed E-state index contributed by atoms with van der Waals surface area (Å²) < 4.78 is 1.95. The third-order valence-corrected chi connectivity index (χ3v) is 4.73. The molecule has 1 fully saturated rings. The minimum Gasteiger partial charge on any atom is -0.355 e. The van der Waals surface area contributed by atoms with E-state index >= 15 is 0 Å². The van der Waals surface area contributed by atoms with Gasteiger partial charge in [-0.15, -0.1) is 0 Å². The van der Waals surface area contributed by atoms with E-state index in [0.717, 1.165) is 23.6 Å². The van der Waals surface area contributed by atoms with Crippen molar-refractivity contribution in [2.24, 2.45) is 11.7 Å². The van der Waals surface area contributed by atoms with Crippen LogP contribution in [0.15, 0.2) is 18.5 Å². The zero-order valence-electron chi connectivity index (χ0n) is 13.2. The van der Waals surface area contributed by atoms with Crippen molar-refractivity contribution in [3.63, 3.8) is 0 Å². The SMILES string of the molecule is CC(C)c1cc2c(N(C)C3CCCC3CN)nccn2n1. The summed E-state index contributed by atoms with van der Waals surface area (Å²) in [5, 5.41) is 4.65. The number of anilines is 1. The molecule has 0 aliphatic heterocycles. The summed E-state index contributed by atoms with van der Waals surface area (Å²) in [6.45, 7) is 5.09. The summed E-state index contributed by atoms with van der Waals surface area (Å²) in [6, 6.07) is 2.65. The molecule has 2 N–H and O–H groups in total. The summed E-state index contributed by atoms with van der Waals surface area (Å²) in [6.07, 6.45) is 7.45. The maximum Gasteiger partial charge on any atom is 0.154 e. The van der Waals surface area contributed by atoms with Gasteiger partial charge in [-0.05, 0) is 37.3 Å². The molecule has 1 aliphatic carbocycles. The van der Waals surface area contributed by atoms with Crippen LogP contribution < -0.4 is 10.6 Å². The Morgan fingerprint density at radius 1 is 1.43 bits per heavy atom. The Kier molecular flexibility index (Phi) is 3.85. The van der Waals surface area contributed by atoms with Gasteiger partial charge in [0.2, 0.25) is 0 Å². The highest BCUT2D eigenvalue weighted by molar-refractivity contribution is 5.69. The molecule has 2 aromatic rings. The van der Waals surface area contributed by atoms with E-state index in [9.17, 15) is 0 Å². The molecule has 0 bridgehead atoms. The van der Waals surface area contributed by atoms with Crippen LogP contribution in [0.1, 0.15) is 44.7 Å². The highest BCUT2D eigenvalue weighted by atomic mass is 15.3. The van der Waals surface area contributed by atoms with Crippen molar-refractivity contribution < 1.29 is 0 Å².